The zero-order chi connectivity index (χ0) is 14.8. The van der Waals surface area contributed by atoms with Crippen molar-refractivity contribution >= 4 is 30.7 Å². The number of nitrogens with one attached hydrogen (secondary N) is 1. The molecule has 0 spiro atoms. The summed E-state index contributed by atoms with van der Waals surface area (Å²) in [5.74, 6) is 0.741. The Morgan fingerprint density at radius 3 is 2.70 bits per heavy atom. The molecule has 1 aliphatic heterocycles. The minimum absolute atomic E-state index is 0. The van der Waals surface area contributed by atoms with Crippen molar-refractivity contribution in [2.45, 2.75) is 19.4 Å². The molecule has 1 fully saturated rings. The summed E-state index contributed by atoms with van der Waals surface area (Å²) < 4.78 is 5.34. The highest BCUT2D eigenvalue weighted by Gasteiger charge is 2.25. The topological polar surface area (TPSA) is 58.4 Å². The van der Waals surface area contributed by atoms with E-state index in [-0.39, 0.29) is 36.8 Å². The SMILES string of the molecule is Cc1nc(-c2ccco2)ccc1C(=O)N(C)C1CCNC1.Cl.Cl. The second-order valence-corrected chi connectivity index (χ2v) is 5.37. The van der Waals surface area contributed by atoms with Crippen LogP contribution in [-0.2, 0) is 0 Å². The predicted molar refractivity (Wildman–Crippen MR) is 94.5 cm³/mol. The normalized spacial score (nSPS) is 16.3. The molecule has 3 heterocycles. The lowest BCUT2D eigenvalue weighted by molar-refractivity contribution is 0.0742. The van der Waals surface area contributed by atoms with Crippen LogP contribution in [0.2, 0.25) is 0 Å². The maximum Gasteiger partial charge on any atom is 0.255 e. The Morgan fingerprint density at radius 1 is 1.35 bits per heavy atom. The fourth-order valence-electron chi connectivity index (χ4n) is 2.67. The molecule has 7 heteroatoms. The molecule has 0 saturated carbocycles. The Bertz CT molecular complexity index is 641. The van der Waals surface area contributed by atoms with Crippen LogP contribution in [0.3, 0.4) is 0 Å². The quantitative estimate of drug-likeness (QED) is 0.917. The first-order valence-electron chi connectivity index (χ1n) is 7.16. The molecule has 1 saturated heterocycles. The van der Waals surface area contributed by atoms with Crippen LogP contribution in [0.25, 0.3) is 11.5 Å². The van der Waals surface area contributed by atoms with Gasteiger partial charge in [0.1, 0.15) is 5.69 Å². The number of aromatic nitrogens is 1. The Kier molecular flexibility index (Phi) is 7.06. The Hall–Kier alpha value is -1.56. The highest BCUT2D eigenvalue weighted by Crippen LogP contribution is 2.20. The highest BCUT2D eigenvalue weighted by atomic mass is 35.5. The third-order valence-corrected chi connectivity index (χ3v) is 3.99. The molecule has 0 bridgehead atoms. The molecular formula is C16H21Cl2N3O2. The van der Waals surface area contributed by atoms with Gasteiger partial charge in [-0.2, -0.15) is 0 Å². The van der Waals surface area contributed by atoms with Crippen LogP contribution in [0.4, 0.5) is 0 Å². The Balaban J connectivity index is 0.00000132. The van der Waals surface area contributed by atoms with Crippen LogP contribution < -0.4 is 5.32 Å². The summed E-state index contributed by atoms with van der Waals surface area (Å²) in [6.07, 6.45) is 2.62. The number of carbonyl (C=O) groups excluding carboxylic acids is 1. The molecule has 1 atom stereocenters. The van der Waals surface area contributed by atoms with Crippen molar-refractivity contribution in [3.8, 4) is 11.5 Å². The van der Waals surface area contributed by atoms with E-state index >= 15 is 0 Å². The van der Waals surface area contributed by atoms with Crippen LogP contribution in [0.15, 0.2) is 34.9 Å². The third-order valence-electron chi connectivity index (χ3n) is 3.99. The van der Waals surface area contributed by atoms with E-state index in [2.05, 4.69) is 10.3 Å². The Labute approximate surface area is 148 Å². The van der Waals surface area contributed by atoms with Crippen molar-refractivity contribution in [1.29, 1.82) is 0 Å². The van der Waals surface area contributed by atoms with Gasteiger partial charge < -0.3 is 14.6 Å². The van der Waals surface area contributed by atoms with Crippen LogP contribution in [-0.4, -0.2) is 42.0 Å². The number of carbonyl (C=O) groups is 1. The number of pyridine rings is 1. The summed E-state index contributed by atoms with van der Waals surface area (Å²) in [7, 11) is 1.86. The number of furan rings is 1. The lowest BCUT2D eigenvalue weighted by Crippen LogP contribution is -2.38. The van der Waals surface area contributed by atoms with E-state index in [1.165, 1.54) is 0 Å². The van der Waals surface area contributed by atoms with Crippen molar-refractivity contribution in [3.63, 3.8) is 0 Å². The summed E-state index contributed by atoms with van der Waals surface area (Å²) >= 11 is 0. The molecule has 126 valence electrons. The van der Waals surface area contributed by atoms with Gasteiger partial charge in [-0.05, 0) is 44.2 Å². The number of halogens is 2. The second-order valence-electron chi connectivity index (χ2n) is 5.37. The maximum atomic E-state index is 12.6. The highest BCUT2D eigenvalue weighted by molar-refractivity contribution is 5.95. The van der Waals surface area contributed by atoms with Crippen molar-refractivity contribution in [2.75, 3.05) is 20.1 Å². The molecule has 2 aromatic heterocycles. The maximum absolute atomic E-state index is 12.6. The molecule has 2 aromatic rings. The van der Waals surface area contributed by atoms with Gasteiger partial charge in [-0.25, -0.2) is 4.98 Å². The number of hydrogen-bond acceptors (Lipinski definition) is 4. The minimum Gasteiger partial charge on any atom is -0.463 e. The average Bonchev–Trinajstić information content (AvgIpc) is 3.18. The summed E-state index contributed by atoms with van der Waals surface area (Å²) in [6.45, 7) is 3.69. The molecule has 0 aliphatic carbocycles. The third kappa shape index (κ3) is 4.05. The van der Waals surface area contributed by atoms with Crippen molar-refractivity contribution in [1.82, 2.24) is 15.2 Å². The van der Waals surface area contributed by atoms with Crippen molar-refractivity contribution < 1.29 is 9.21 Å². The molecule has 3 rings (SSSR count). The zero-order valence-electron chi connectivity index (χ0n) is 13.1. The van der Waals surface area contributed by atoms with E-state index in [0.29, 0.717) is 11.3 Å². The first kappa shape index (κ1) is 19.5. The van der Waals surface area contributed by atoms with Crippen LogP contribution in [0, 0.1) is 6.92 Å². The van der Waals surface area contributed by atoms with Crippen molar-refractivity contribution in [3.05, 3.63) is 41.8 Å². The van der Waals surface area contributed by atoms with Crippen molar-refractivity contribution in [2.24, 2.45) is 0 Å². The first-order valence-corrected chi connectivity index (χ1v) is 7.16. The summed E-state index contributed by atoms with van der Waals surface area (Å²) in [6, 6.07) is 7.62. The van der Waals surface area contributed by atoms with Gasteiger partial charge in [0.15, 0.2) is 5.76 Å². The largest absolute Gasteiger partial charge is 0.463 e. The predicted octanol–water partition coefficient (Wildman–Crippen LogP) is 2.93. The summed E-state index contributed by atoms with van der Waals surface area (Å²) in [5, 5.41) is 3.28. The molecule has 23 heavy (non-hydrogen) atoms. The second kappa shape index (κ2) is 8.34. The number of likely N-dealkylation sites (N-methyl/N-ethyl adjacent to an activating group) is 1. The van der Waals surface area contributed by atoms with E-state index in [1.54, 1.807) is 6.26 Å². The van der Waals surface area contributed by atoms with Gasteiger partial charge in [0, 0.05) is 19.6 Å². The molecule has 0 aromatic carbocycles. The molecule has 5 nitrogen and oxygen atoms in total. The van der Waals surface area contributed by atoms with Gasteiger partial charge in [0.25, 0.3) is 5.91 Å². The Morgan fingerprint density at radius 2 is 2.13 bits per heavy atom. The number of rotatable bonds is 3. The standard InChI is InChI=1S/C16H19N3O2.2ClH/c1-11-13(16(20)19(2)12-7-8-17-10-12)5-6-14(18-11)15-4-3-9-21-15;;/h3-6,9,12,17H,7-8,10H2,1-2H3;2*1H. The number of hydrogen-bond donors (Lipinski definition) is 1. The lowest BCUT2D eigenvalue weighted by Gasteiger charge is -2.24. The van der Waals surface area contributed by atoms with E-state index in [1.807, 2.05) is 43.1 Å². The van der Waals surface area contributed by atoms with Crippen LogP contribution >= 0.6 is 24.8 Å². The van der Waals surface area contributed by atoms with E-state index in [0.717, 1.165) is 30.9 Å². The molecule has 1 amide bonds. The van der Waals surface area contributed by atoms with Gasteiger partial charge >= 0.3 is 0 Å². The smallest absolute Gasteiger partial charge is 0.255 e. The van der Waals surface area contributed by atoms with Crippen LogP contribution in [0.1, 0.15) is 22.5 Å². The van der Waals surface area contributed by atoms with Gasteiger partial charge in [-0.1, -0.05) is 0 Å². The number of nitrogens with zero attached hydrogens (tertiary/aromatic N) is 2. The fraction of sp³-hybridized carbons (Fsp3) is 0.375. The summed E-state index contributed by atoms with van der Waals surface area (Å²) in [5.41, 5.74) is 2.13. The van der Waals surface area contributed by atoms with Gasteiger partial charge in [-0.15, -0.1) is 24.8 Å². The summed E-state index contributed by atoms with van der Waals surface area (Å²) in [4.78, 5) is 18.9. The lowest BCUT2D eigenvalue weighted by atomic mass is 10.1. The monoisotopic (exact) mass is 357 g/mol. The molecule has 1 aliphatic rings. The van der Waals surface area contributed by atoms with E-state index in [9.17, 15) is 4.79 Å². The minimum atomic E-state index is 0. The molecule has 1 unspecified atom stereocenters. The molecular weight excluding hydrogens is 337 g/mol. The van der Waals surface area contributed by atoms with E-state index < -0.39 is 0 Å². The zero-order valence-corrected chi connectivity index (χ0v) is 14.7. The number of aryl methyl sites for hydroxylation is 1. The van der Waals surface area contributed by atoms with Gasteiger partial charge in [-0.3, -0.25) is 4.79 Å². The fourth-order valence-corrected chi connectivity index (χ4v) is 2.67. The van der Waals surface area contributed by atoms with Gasteiger partial charge in [0.05, 0.1) is 17.5 Å². The average molecular weight is 358 g/mol. The molecule has 1 N–H and O–H groups in total. The van der Waals surface area contributed by atoms with Gasteiger partial charge in [0.2, 0.25) is 0 Å². The molecule has 0 radical (unpaired) electrons. The first-order chi connectivity index (χ1) is 10.2. The van der Waals surface area contributed by atoms with Crippen LogP contribution in [0.5, 0.6) is 0 Å². The number of amides is 1. The van der Waals surface area contributed by atoms with E-state index in [4.69, 9.17) is 4.42 Å².